The normalized spacial score (nSPS) is 17.7. The molecule has 29 heavy (non-hydrogen) atoms. The predicted octanol–water partition coefficient (Wildman–Crippen LogP) is 3.74. The van der Waals surface area contributed by atoms with E-state index in [2.05, 4.69) is 15.2 Å². The van der Waals surface area contributed by atoms with Crippen LogP contribution in [0.2, 0.25) is 0 Å². The molecule has 1 aliphatic heterocycles. The Bertz CT molecular complexity index is 1080. The molecule has 0 bridgehead atoms. The summed E-state index contributed by atoms with van der Waals surface area (Å²) in [6.45, 7) is 2.94. The van der Waals surface area contributed by atoms with Gasteiger partial charge in [-0.25, -0.2) is 4.98 Å². The summed E-state index contributed by atoms with van der Waals surface area (Å²) in [4.78, 5) is 16.7. The van der Waals surface area contributed by atoms with Gasteiger partial charge in [0, 0.05) is 31.3 Å². The monoisotopic (exact) mass is 406 g/mol. The number of nitrogens with zero attached hydrogens (tertiary/aromatic N) is 6. The molecule has 1 fully saturated rings. The van der Waals surface area contributed by atoms with Crippen molar-refractivity contribution in [2.24, 2.45) is 0 Å². The number of nitro groups is 1. The van der Waals surface area contributed by atoms with Crippen molar-refractivity contribution in [3.8, 4) is 0 Å². The van der Waals surface area contributed by atoms with Gasteiger partial charge in [0.2, 0.25) is 0 Å². The summed E-state index contributed by atoms with van der Waals surface area (Å²) in [7, 11) is 0. The molecule has 4 rings (SSSR count). The maximum atomic E-state index is 13.1. The van der Waals surface area contributed by atoms with Gasteiger partial charge >= 0.3 is 6.18 Å². The molecular weight excluding hydrogens is 389 g/mol. The molecule has 1 aliphatic rings. The second-order valence-electron chi connectivity index (χ2n) is 7.08. The molecule has 0 spiro atoms. The van der Waals surface area contributed by atoms with Gasteiger partial charge in [-0.05, 0) is 37.5 Å². The highest BCUT2D eigenvalue weighted by Crippen LogP contribution is 2.33. The summed E-state index contributed by atoms with van der Waals surface area (Å²) in [5.74, 6) is 0.957. The maximum absolute atomic E-state index is 13.1. The van der Waals surface area contributed by atoms with Crippen LogP contribution < -0.4 is 4.90 Å². The molecule has 0 aliphatic carbocycles. The number of hydrogen-bond donors (Lipinski definition) is 0. The van der Waals surface area contributed by atoms with Crippen LogP contribution in [0.15, 0.2) is 30.6 Å². The molecule has 1 atom stereocenters. The van der Waals surface area contributed by atoms with E-state index in [0.29, 0.717) is 35.9 Å². The molecule has 152 valence electrons. The largest absolute Gasteiger partial charge is 0.417 e. The quantitative estimate of drug-likeness (QED) is 0.486. The molecule has 3 aromatic heterocycles. The van der Waals surface area contributed by atoms with Crippen molar-refractivity contribution in [3.05, 3.63) is 57.7 Å². The topological polar surface area (TPSA) is 89.5 Å². The van der Waals surface area contributed by atoms with Gasteiger partial charge in [-0.2, -0.15) is 13.2 Å². The van der Waals surface area contributed by atoms with Crippen LogP contribution in [0.4, 0.5) is 24.7 Å². The van der Waals surface area contributed by atoms with E-state index in [1.807, 2.05) is 4.90 Å². The van der Waals surface area contributed by atoms with Crippen molar-refractivity contribution in [1.82, 2.24) is 19.6 Å². The summed E-state index contributed by atoms with van der Waals surface area (Å²) in [5, 5.41) is 19.1. The van der Waals surface area contributed by atoms with Gasteiger partial charge in [-0.15, -0.1) is 10.2 Å². The maximum Gasteiger partial charge on any atom is 0.417 e. The van der Waals surface area contributed by atoms with Crippen molar-refractivity contribution >= 4 is 17.2 Å². The van der Waals surface area contributed by atoms with Gasteiger partial charge < -0.3 is 4.90 Å². The Hall–Kier alpha value is -3.24. The summed E-state index contributed by atoms with van der Waals surface area (Å²) in [5.41, 5.74) is 0.189. The third-order valence-electron chi connectivity index (χ3n) is 5.09. The molecule has 0 saturated carbocycles. The number of hydrogen-bond acceptors (Lipinski definition) is 6. The minimum atomic E-state index is -4.45. The molecule has 4 heterocycles. The minimum Gasteiger partial charge on any atom is -0.356 e. The number of fused-ring (bicyclic) bond motifs is 1. The van der Waals surface area contributed by atoms with Crippen molar-refractivity contribution in [1.29, 1.82) is 0 Å². The zero-order valence-corrected chi connectivity index (χ0v) is 15.4. The molecule has 8 nitrogen and oxygen atoms in total. The van der Waals surface area contributed by atoms with E-state index in [1.165, 1.54) is 22.7 Å². The third kappa shape index (κ3) is 3.59. The number of rotatable bonds is 3. The number of pyridine rings is 2. The Balaban J connectivity index is 1.64. The standard InChI is InChI=1S/C18H17F3N6O2/c1-11-7-14(27(28)29)8-22-16(11)25-6-2-3-12(9-25)17-24-23-15-5-4-13(10-26(15)17)18(19,20)21/h4-5,7-8,10,12H,2-3,6,9H2,1H3. The van der Waals surface area contributed by atoms with Gasteiger partial charge in [0.15, 0.2) is 5.65 Å². The lowest BCUT2D eigenvalue weighted by atomic mass is 9.96. The van der Waals surface area contributed by atoms with Crippen LogP contribution in [-0.4, -0.2) is 37.6 Å². The fourth-order valence-corrected chi connectivity index (χ4v) is 3.72. The first kappa shape index (κ1) is 19.1. The Morgan fingerprint density at radius 3 is 2.76 bits per heavy atom. The molecule has 0 radical (unpaired) electrons. The number of aromatic nitrogens is 4. The minimum absolute atomic E-state index is 0.0806. The summed E-state index contributed by atoms with van der Waals surface area (Å²) < 4.78 is 40.7. The van der Waals surface area contributed by atoms with Crippen molar-refractivity contribution < 1.29 is 18.1 Å². The van der Waals surface area contributed by atoms with E-state index in [0.717, 1.165) is 25.1 Å². The lowest BCUT2D eigenvalue weighted by Crippen LogP contribution is -2.36. The van der Waals surface area contributed by atoms with Crippen LogP contribution in [0.25, 0.3) is 5.65 Å². The molecule has 11 heteroatoms. The van der Waals surface area contributed by atoms with Crippen molar-refractivity contribution in [2.75, 3.05) is 18.0 Å². The fourth-order valence-electron chi connectivity index (χ4n) is 3.72. The molecular formula is C18H17F3N6O2. The van der Waals surface area contributed by atoms with Crippen LogP contribution in [0.1, 0.15) is 35.7 Å². The Labute approximate surface area is 163 Å². The zero-order chi connectivity index (χ0) is 20.8. The molecule has 3 aromatic rings. The first-order valence-electron chi connectivity index (χ1n) is 9.02. The van der Waals surface area contributed by atoms with Crippen LogP contribution in [0.3, 0.4) is 0 Å². The smallest absolute Gasteiger partial charge is 0.356 e. The van der Waals surface area contributed by atoms with E-state index in [9.17, 15) is 23.3 Å². The summed E-state index contributed by atoms with van der Waals surface area (Å²) >= 11 is 0. The van der Waals surface area contributed by atoms with E-state index in [1.54, 1.807) is 6.92 Å². The highest BCUT2D eigenvalue weighted by atomic mass is 19.4. The molecule has 1 saturated heterocycles. The number of halogens is 3. The predicted molar refractivity (Wildman–Crippen MR) is 97.8 cm³/mol. The summed E-state index contributed by atoms with van der Waals surface area (Å²) in [6, 6.07) is 3.76. The Morgan fingerprint density at radius 1 is 1.28 bits per heavy atom. The van der Waals surface area contributed by atoms with E-state index in [4.69, 9.17) is 0 Å². The van der Waals surface area contributed by atoms with Gasteiger partial charge in [0.25, 0.3) is 5.69 Å². The van der Waals surface area contributed by atoms with E-state index in [-0.39, 0.29) is 11.6 Å². The highest BCUT2D eigenvalue weighted by Gasteiger charge is 2.32. The van der Waals surface area contributed by atoms with Gasteiger partial charge in [-0.3, -0.25) is 14.5 Å². The van der Waals surface area contributed by atoms with Gasteiger partial charge in [-0.1, -0.05) is 0 Å². The van der Waals surface area contributed by atoms with E-state index < -0.39 is 16.7 Å². The molecule has 1 unspecified atom stereocenters. The Kier molecular flexibility index (Phi) is 4.59. The Morgan fingerprint density at radius 2 is 2.07 bits per heavy atom. The third-order valence-corrected chi connectivity index (χ3v) is 5.09. The average molecular weight is 406 g/mol. The second kappa shape index (κ2) is 6.98. The first-order chi connectivity index (χ1) is 13.7. The number of anilines is 1. The van der Waals surface area contributed by atoms with Crippen molar-refractivity contribution in [3.63, 3.8) is 0 Å². The lowest BCUT2D eigenvalue weighted by Gasteiger charge is -2.33. The van der Waals surface area contributed by atoms with Crippen LogP contribution >= 0.6 is 0 Å². The number of piperidine rings is 1. The summed E-state index contributed by atoms with van der Waals surface area (Å²) in [6.07, 6.45) is -0.669. The molecule has 0 N–H and O–H groups in total. The zero-order valence-electron chi connectivity index (χ0n) is 15.4. The molecule has 0 aromatic carbocycles. The van der Waals surface area contributed by atoms with Crippen LogP contribution in [-0.2, 0) is 6.18 Å². The van der Waals surface area contributed by atoms with E-state index >= 15 is 0 Å². The average Bonchev–Trinajstić information content (AvgIpc) is 3.10. The SMILES string of the molecule is Cc1cc([N+](=O)[O-])cnc1N1CCCC(c2nnc3ccc(C(F)(F)F)cn23)C1. The van der Waals surface area contributed by atoms with Crippen molar-refractivity contribution in [2.45, 2.75) is 31.9 Å². The number of aryl methyl sites for hydroxylation is 1. The van der Waals surface area contributed by atoms with Crippen LogP contribution in [0.5, 0.6) is 0 Å². The van der Waals surface area contributed by atoms with Crippen LogP contribution in [0, 0.1) is 17.0 Å². The van der Waals surface area contributed by atoms with Gasteiger partial charge in [0.05, 0.1) is 10.5 Å². The number of alkyl halides is 3. The fraction of sp³-hybridized carbons (Fsp3) is 0.389. The molecule has 0 amide bonds. The second-order valence-corrected chi connectivity index (χ2v) is 7.08. The lowest BCUT2D eigenvalue weighted by molar-refractivity contribution is -0.385. The highest BCUT2D eigenvalue weighted by molar-refractivity contribution is 5.51. The first-order valence-corrected chi connectivity index (χ1v) is 9.02. The van der Waals surface area contributed by atoms with Gasteiger partial charge in [0.1, 0.15) is 17.8 Å².